The van der Waals surface area contributed by atoms with Crippen LogP contribution in [-0.4, -0.2) is 30.7 Å². The molecule has 0 aliphatic carbocycles. The second-order valence-corrected chi connectivity index (χ2v) is 7.20. The highest BCUT2D eigenvalue weighted by molar-refractivity contribution is 6.12. The molecule has 7 nitrogen and oxygen atoms in total. The van der Waals surface area contributed by atoms with Gasteiger partial charge in [-0.25, -0.2) is 4.79 Å². The van der Waals surface area contributed by atoms with Gasteiger partial charge in [0.25, 0.3) is 5.91 Å². The standard InChI is InChI=1S/C24H22N2O5/c1-15-6-5-7-17(12-15)26-23(25-19-9-4-3-8-18(19)24(26)29)16-10-11-20(21(13-16)30-2)31-14-22(27)28/h3-13,23,25H,14H2,1-2H3,(H,27,28)/t23-/m1/s1. The van der Waals surface area contributed by atoms with Crippen molar-refractivity contribution in [2.75, 3.05) is 23.9 Å². The Morgan fingerprint density at radius 2 is 1.87 bits per heavy atom. The number of hydrogen-bond donors (Lipinski definition) is 2. The predicted octanol–water partition coefficient (Wildman–Crippen LogP) is 4.24. The second kappa shape index (κ2) is 8.39. The summed E-state index contributed by atoms with van der Waals surface area (Å²) in [4.78, 5) is 26.0. The van der Waals surface area contributed by atoms with Crippen molar-refractivity contribution < 1.29 is 24.2 Å². The number of aryl methyl sites for hydroxylation is 1. The normalized spacial score (nSPS) is 15.1. The molecular formula is C24H22N2O5. The van der Waals surface area contributed by atoms with Gasteiger partial charge in [-0.1, -0.05) is 30.3 Å². The van der Waals surface area contributed by atoms with Crippen LogP contribution < -0.4 is 19.7 Å². The minimum absolute atomic E-state index is 0.116. The van der Waals surface area contributed by atoms with Crippen LogP contribution in [0.2, 0.25) is 0 Å². The molecule has 0 spiro atoms. The van der Waals surface area contributed by atoms with Gasteiger partial charge in [0.05, 0.1) is 12.7 Å². The van der Waals surface area contributed by atoms with E-state index >= 15 is 0 Å². The lowest BCUT2D eigenvalue weighted by molar-refractivity contribution is -0.139. The van der Waals surface area contributed by atoms with Gasteiger partial charge in [-0.3, -0.25) is 9.69 Å². The molecule has 0 saturated heterocycles. The maximum Gasteiger partial charge on any atom is 0.341 e. The minimum Gasteiger partial charge on any atom is -0.493 e. The van der Waals surface area contributed by atoms with Crippen molar-refractivity contribution in [3.8, 4) is 11.5 Å². The van der Waals surface area contributed by atoms with Crippen LogP contribution in [0.1, 0.15) is 27.7 Å². The molecule has 0 aromatic heterocycles. The average molecular weight is 418 g/mol. The number of anilines is 2. The van der Waals surface area contributed by atoms with Crippen LogP contribution >= 0.6 is 0 Å². The Morgan fingerprint density at radius 3 is 2.61 bits per heavy atom. The molecule has 2 N–H and O–H groups in total. The number of para-hydroxylation sites is 1. The monoisotopic (exact) mass is 418 g/mol. The van der Waals surface area contributed by atoms with E-state index in [4.69, 9.17) is 14.6 Å². The van der Waals surface area contributed by atoms with Gasteiger partial charge in [0.2, 0.25) is 0 Å². The summed E-state index contributed by atoms with van der Waals surface area (Å²) in [6, 6.07) is 20.3. The lowest BCUT2D eigenvalue weighted by Gasteiger charge is -2.38. The van der Waals surface area contributed by atoms with Crippen LogP contribution in [0.5, 0.6) is 11.5 Å². The molecule has 1 aliphatic heterocycles. The number of carbonyl (C=O) groups is 2. The highest BCUT2D eigenvalue weighted by Gasteiger charge is 2.34. The van der Waals surface area contributed by atoms with Crippen molar-refractivity contribution in [1.29, 1.82) is 0 Å². The predicted molar refractivity (Wildman–Crippen MR) is 117 cm³/mol. The van der Waals surface area contributed by atoms with E-state index in [-0.39, 0.29) is 5.91 Å². The molecule has 1 aliphatic rings. The van der Waals surface area contributed by atoms with Crippen molar-refractivity contribution in [3.63, 3.8) is 0 Å². The number of carboxylic acid groups (broad SMARTS) is 1. The summed E-state index contributed by atoms with van der Waals surface area (Å²) < 4.78 is 10.7. The topological polar surface area (TPSA) is 88.1 Å². The fraction of sp³-hybridized carbons (Fsp3) is 0.167. The number of rotatable bonds is 6. The fourth-order valence-electron chi connectivity index (χ4n) is 3.64. The quantitative estimate of drug-likeness (QED) is 0.623. The first-order chi connectivity index (χ1) is 15.0. The van der Waals surface area contributed by atoms with Gasteiger partial charge < -0.3 is 19.9 Å². The number of aliphatic carboxylic acids is 1. The van der Waals surface area contributed by atoms with Gasteiger partial charge in [-0.05, 0) is 54.4 Å². The van der Waals surface area contributed by atoms with Gasteiger partial charge in [-0.2, -0.15) is 0 Å². The molecule has 4 rings (SSSR count). The van der Waals surface area contributed by atoms with E-state index < -0.39 is 18.7 Å². The maximum absolute atomic E-state index is 13.5. The summed E-state index contributed by atoms with van der Waals surface area (Å²) in [6.45, 7) is 1.50. The first kappa shape index (κ1) is 20.3. The van der Waals surface area contributed by atoms with Crippen molar-refractivity contribution >= 4 is 23.3 Å². The molecule has 3 aromatic rings. The SMILES string of the molecule is COc1cc([C@@H]2Nc3ccccc3C(=O)N2c2cccc(C)c2)ccc1OCC(=O)O. The molecule has 0 radical (unpaired) electrons. The van der Waals surface area contributed by atoms with E-state index in [1.165, 1.54) is 7.11 Å². The number of nitrogens with zero attached hydrogens (tertiary/aromatic N) is 1. The number of hydrogen-bond acceptors (Lipinski definition) is 5. The molecular weight excluding hydrogens is 396 g/mol. The van der Waals surface area contributed by atoms with Gasteiger partial charge in [0, 0.05) is 11.4 Å². The second-order valence-electron chi connectivity index (χ2n) is 7.20. The molecule has 1 amide bonds. The minimum atomic E-state index is -1.08. The van der Waals surface area contributed by atoms with Crippen LogP contribution in [0.3, 0.4) is 0 Å². The van der Waals surface area contributed by atoms with Crippen LogP contribution in [0, 0.1) is 6.92 Å². The van der Waals surface area contributed by atoms with E-state index in [0.29, 0.717) is 17.1 Å². The summed E-state index contributed by atoms with van der Waals surface area (Å²) >= 11 is 0. The van der Waals surface area contributed by atoms with Crippen molar-refractivity contribution in [3.05, 3.63) is 83.4 Å². The van der Waals surface area contributed by atoms with Crippen LogP contribution in [-0.2, 0) is 4.79 Å². The van der Waals surface area contributed by atoms with E-state index in [0.717, 1.165) is 22.5 Å². The molecule has 0 unspecified atom stereocenters. The maximum atomic E-state index is 13.5. The first-order valence-electron chi connectivity index (χ1n) is 9.76. The zero-order valence-corrected chi connectivity index (χ0v) is 17.2. The van der Waals surface area contributed by atoms with Gasteiger partial charge >= 0.3 is 5.97 Å². The Bertz CT molecular complexity index is 1140. The lowest BCUT2D eigenvalue weighted by Crippen LogP contribution is -2.43. The third-order valence-corrected chi connectivity index (χ3v) is 5.06. The van der Waals surface area contributed by atoms with Crippen LogP contribution in [0.25, 0.3) is 0 Å². The third-order valence-electron chi connectivity index (χ3n) is 5.06. The Hall–Kier alpha value is -4.00. The number of methoxy groups -OCH3 is 1. The number of benzene rings is 3. The zero-order chi connectivity index (χ0) is 22.0. The molecule has 3 aromatic carbocycles. The Morgan fingerprint density at radius 1 is 1.06 bits per heavy atom. The van der Waals surface area contributed by atoms with Crippen molar-refractivity contribution in [1.82, 2.24) is 0 Å². The summed E-state index contributed by atoms with van der Waals surface area (Å²) in [7, 11) is 1.49. The van der Waals surface area contributed by atoms with E-state index in [1.807, 2.05) is 49.4 Å². The van der Waals surface area contributed by atoms with Crippen LogP contribution in [0.4, 0.5) is 11.4 Å². The number of fused-ring (bicyclic) bond motifs is 1. The van der Waals surface area contributed by atoms with E-state index in [1.54, 1.807) is 29.2 Å². The molecule has 0 fully saturated rings. The van der Waals surface area contributed by atoms with Gasteiger partial charge in [0.1, 0.15) is 6.17 Å². The Labute approximate surface area is 179 Å². The highest BCUT2D eigenvalue weighted by Crippen LogP contribution is 2.39. The number of carbonyl (C=O) groups excluding carboxylic acids is 1. The number of carboxylic acids is 1. The van der Waals surface area contributed by atoms with Crippen LogP contribution in [0.15, 0.2) is 66.7 Å². The molecule has 0 saturated carbocycles. The summed E-state index contributed by atoms with van der Waals surface area (Å²) in [5.74, 6) is -0.489. The number of amides is 1. The molecule has 7 heteroatoms. The smallest absolute Gasteiger partial charge is 0.341 e. The average Bonchev–Trinajstić information content (AvgIpc) is 2.77. The number of ether oxygens (including phenoxy) is 2. The van der Waals surface area contributed by atoms with E-state index in [9.17, 15) is 9.59 Å². The Kier molecular flexibility index (Phi) is 5.49. The third kappa shape index (κ3) is 4.02. The molecule has 0 bridgehead atoms. The zero-order valence-electron chi connectivity index (χ0n) is 17.2. The Balaban J connectivity index is 1.79. The summed E-state index contributed by atoms with van der Waals surface area (Å²) in [5, 5.41) is 12.3. The number of nitrogens with one attached hydrogen (secondary N) is 1. The molecule has 158 valence electrons. The lowest BCUT2D eigenvalue weighted by atomic mass is 10.0. The van der Waals surface area contributed by atoms with Crippen molar-refractivity contribution in [2.45, 2.75) is 13.1 Å². The first-order valence-corrected chi connectivity index (χ1v) is 9.76. The van der Waals surface area contributed by atoms with E-state index in [2.05, 4.69) is 5.32 Å². The summed E-state index contributed by atoms with van der Waals surface area (Å²) in [5.41, 5.74) is 3.91. The highest BCUT2D eigenvalue weighted by atomic mass is 16.5. The molecule has 1 atom stereocenters. The fourth-order valence-corrected chi connectivity index (χ4v) is 3.64. The van der Waals surface area contributed by atoms with Crippen molar-refractivity contribution in [2.24, 2.45) is 0 Å². The van der Waals surface area contributed by atoms with Gasteiger partial charge in [-0.15, -0.1) is 0 Å². The molecule has 1 heterocycles. The molecule has 31 heavy (non-hydrogen) atoms. The largest absolute Gasteiger partial charge is 0.493 e. The summed E-state index contributed by atoms with van der Waals surface area (Å²) in [6.07, 6.45) is -0.494. The van der Waals surface area contributed by atoms with Gasteiger partial charge in [0.15, 0.2) is 18.1 Å².